The Hall–Kier alpha value is -0.340. The molecule has 0 bridgehead atoms. The van der Waals surface area contributed by atoms with Crippen molar-refractivity contribution in [2.75, 3.05) is 11.5 Å². The standard InChI is InChI=1S/C10H14INO3S/c1-2-16(14,15)10(11)9(13)7-4-3-5-8(12)6-7/h3-6,9-10,13H,2,12H2,1H3/t9-,10+/m0/s1. The first-order valence-electron chi connectivity index (χ1n) is 4.77. The Morgan fingerprint density at radius 1 is 1.50 bits per heavy atom. The molecule has 2 atom stereocenters. The molecule has 0 saturated carbocycles. The predicted molar refractivity (Wildman–Crippen MR) is 73.1 cm³/mol. The van der Waals surface area contributed by atoms with Crippen LogP contribution in [0.3, 0.4) is 0 Å². The lowest BCUT2D eigenvalue weighted by molar-refractivity contribution is 0.197. The van der Waals surface area contributed by atoms with Gasteiger partial charge in [0.1, 0.15) is 9.36 Å². The Kier molecular flexibility index (Phi) is 4.57. The zero-order valence-electron chi connectivity index (χ0n) is 8.80. The summed E-state index contributed by atoms with van der Waals surface area (Å²) in [6.45, 7) is 1.56. The Labute approximate surface area is 109 Å². The number of benzene rings is 1. The average molecular weight is 355 g/mol. The Balaban J connectivity index is 2.99. The zero-order valence-corrected chi connectivity index (χ0v) is 11.8. The molecule has 16 heavy (non-hydrogen) atoms. The number of aliphatic hydroxyl groups is 1. The van der Waals surface area contributed by atoms with Gasteiger partial charge in [-0.05, 0) is 17.7 Å². The average Bonchev–Trinajstić information content (AvgIpc) is 2.27. The van der Waals surface area contributed by atoms with Crippen LogP contribution in [0.25, 0.3) is 0 Å². The molecular formula is C10H14INO3S. The molecule has 1 aromatic rings. The summed E-state index contributed by atoms with van der Waals surface area (Å²) < 4.78 is 22.4. The fourth-order valence-corrected chi connectivity index (χ4v) is 3.61. The van der Waals surface area contributed by atoms with E-state index in [1.807, 2.05) is 0 Å². The molecule has 6 heteroatoms. The lowest BCUT2D eigenvalue weighted by Crippen LogP contribution is -2.24. The van der Waals surface area contributed by atoms with Gasteiger partial charge in [-0.2, -0.15) is 0 Å². The lowest BCUT2D eigenvalue weighted by atomic mass is 10.1. The second-order valence-electron chi connectivity index (χ2n) is 3.42. The molecule has 0 fully saturated rings. The second kappa shape index (κ2) is 5.33. The molecule has 0 aliphatic carbocycles. The van der Waals surface area contributed by atoms with Gasteiger partial charge < -0.3 is 10.8 Å². The van der Waals surface area contributed by atoms with Gasteiger partial charge in [0.2, 0.25) is 0 Å². The van der Waals surface area contributed by atoms with Crippen molar-refractivity contribution in [1.82, 2.24) is 0 Å². The molecule has 0 aliphatic rings. The number of rotatable bonds is 4. The molecule has 0 radical (unpaired) electrons. The summed E-state index contributed by atoms with van der Waals surface area (Å²) in [6.07, 6.45) is -1.05. The number of nitrogens with two attached hydrogens (primary N) is 1. The van der Waals surface area contributed by atoms with Gasteiger partial charge in [0, 0.05) is 11.4 Å². The van der Waals surface area contributed by atoms with Crippen LogP contribution in [-0.4, -0.2) is 22.5 Å². The summed E-state index contributed by atoms with van der Waals surface area (Å²) >= 11 is 1.75. The first-order valence-corrected chi connectivity index (χ1v) is 7.73. The molecule has 0 aliphatic heterocycles. The van der Waals surface area contributed by atoms with Crippen LogP contribution < -0.4 is 5.73 Å². The van der Waals surface area contributed by atoms with Crippen molar-refractivity contribution in [3.05, 3.63) is 29.8 Å². The van der Waals surface area contributed by atoms with Crippen molar-refractivity contribution in [2.45, 2.75) is 16.3 Å². The molecule has 0 spiro atoms. The maximum absolute atomic E-state index is 11.6. The van der Waals surface area contributed by atoms with Crippen LogP contribution in [0.15, 0.2) is 24.3 Å². The number of sulfone groups is 1. The lowest BCUT2D eigenvalue weighted by Gasteiger charge is -2.17. The Bertz CT molecular complexity index is 461. The maximum Gasteiger partial charge on any atom is 0.164 e. The molecule has 4 nitrogen and oxygen atoms in total. The van der Waals surface area contributed by atoms with Gasteiger partial charge in [0.05, 0.1) is 0 Å². The third-order valence-electron chi connectivity index (χ3n) is 2.25. The highest BCUT2D eigenvalue weighted by Crippen LogP contribution is 2.28. The van der Waals surface area contributed by atoms with Crippen LogP contribution in [0.2, 0.25) is 0 Å². The fourth-order valence-electron chi connectivity index (χ4n) is 1.25. The van der Waals surface area contributed by atoms with Crippen LogP contribution in [0, 0.1) is 0 Å². The Morgan fingerprint density at radius 2 is 2.12 bits per heavy atom. The van der Waals surface area contributed by atoms with Gasteiger partial charge in [0.25, 0.3) is 0 Å². The van der Waals surface area contributed by atoms with Crippen molar-refractivity contribution < 1.29 is 13.5 Å². The van der Waals surface area contributed by atoms with Crippen LogP contribution >= 0.6 is 22.6 Å². The van der Waals surface area contributed by atoms with Crippen molar-refractivity contribution in [3.63, 3.8) is 0 Å². The van der Waals surface area contributed by atoms with E-state index in [1.165, 1.54) is 0 Å². The van der Waals surface area contributed by atoms with E-state index in [-0.39, 0.29) is 5.75 Å². The number of hydrogen-bond acceptors (Lipinski definition) is 4. The number of alkyl halides is 1. The minimum absolute atomic E-state index is 0.0139. The SMILES string of the molecule is CCS(=O)(=O)[C@@H](I)[C@@H](O)c1cccc(N)c1. The van der Waals surface area contributed by atoms with Crippen LogP contribution in [0.1, 0.15) is 18.6 Å². The third-order valence-corrected chi connectivity index (χ3v) is 7.00. The van der Waals surface area contributed by atoms with Gasteiger partial charge >= 0.3 is 0 Å². The molecule has 0 heterocycles. The van der Waals surface area contributed by atoms with Crippen molar-refractivity contribution in [3.8, 4) is 0 Å². The van der Waals surface area contributed by atoms with E-state index in [2.05, 4.69) is 0 Å². The van der Waals surface area contributed by atoms with Crippen molar-refractivity contribution in [1.29, 1.82) is 0 Å². The van der Waals surface area contributed by atoms with Crippen LogP contribution in [0.4, 0.5) is 5.69 Å². The first kappa shape index (κ1) is 13.7. The van der Waals surface area contributed by atoms with E-state index < -0.39 is 19.2 Å². The smallest absolute Gasteiger partial charge is 0.164 e. The van der Waals surface area contributed by atoms with E-state index in [9.17, 15) is 13.5 Å². The first-order chi connectivity index (χ1) is 7.38. The third kappa shape index (κ3) is 3.08. The van der Waals surface area contributed by atoms with E-state index >= 15 is 0 Å². The molecular weight excluding hydrogens is 341 g/mol. The normalized spacial score (nSPS) is 15.7. The minimum atomic E-state index is -3.26. The number of anilines is 1. The van der Waals surface area contributed by atoms with Crippen LogP contribution in [0.5, 0.6) is 0 Å². The van der Waals surface area contributed by atoms with Crippen LogP contribution in [-0.2, 0) is 9.84 Å². The number of aliphatic hydroxyl groups excluding tert-OH is 1. The van der Waals surface area contributed by atoms with Gasteiger partial charge in [-0.15, -0.1) is 0 Å². The minimum Gasteiger partial charge on any atom is -0.399 e. The van der Waals surface area contributed by atoms with Gasteiger partial charge in [-0.3, -0.25) is 0 Å². The Morgan fingerprint density at radius 3 is 2.62 bits per heavy atom. The van der Waals surface area contributed by atoms with Gasteiger partial charge in [-0.25, -0.2) is 8.42 Å². The zero-order chi connectivity index (χ0) is 12.3. The van der Waals surface area contributed by atoms with E-state index in [0.29, 0.717) is 11.3 Å². The summed E-state index contributed by atoms with van der Waals surface area (Å²) in [6, 6.07) is 6.63. The van der Waals surface area contributed by atoms with Gasteiger partial charge in [0.15, 0.2) is 9.84 Å². The molecule has 0 saturated heterocycles. The highest BCUT2D eigenvalue weighted by atomic mass is 127. The number of nitrogen functional groups attached to an aromatic ring is 1. The van der Waals surface area contributed by atoms with E-state index in [1.54, 1.807) is 53.8 Å². The molecule has 0 aromatic heterocycles. The quantitative estimate of drug-likeness (QED) is 0.487. The summed E-state index contributed by atoms with van der Waals surface area (Å²) in [5.74, 6) is 0.0139. The summed E-state index contributed by atoms with van der Waals surface area (Å²) in [5.41, 5.74) is 6.61. The molecule has 0 amide bonds. The van der Waals surface area contributed by atoms with E-state index in [0.717, 1.165) is 0 Å². The monoisotopic (exact) mass is 355 g/mol. The highest BCUT2D eigenvalue weighted by molar-refractivity contribution is 14.1. The topological polar surface area (TPSA) is 80.4 Å². The molecule has 3 N–H and O–H groups in total. The summed E-state index contributed by atoms with van der Waals surface area (Å²) in [5, 5.41) is 9.94. The number of halogens is 1. The van der Waals surface area contributed by atoms with Crippen molar-refractivity contribution in [2.24, 2.45) is 0 Å². The maximum atomic E-state index is 11.6. The van der Waals surface area contributed by atoms with Gasteiger partial charge in [-0.1, -0.05) is 41.6 Å². The molecule has 1 rings (SSSR count). The van der Waals surface area contributed by atoms with E-state index in [4.69, 9.17) is 5.73 Å². The second-order valence-corrected chi connectivity index (χ2v) is 8.02. The summed E-state index contributed by atoms with van der Waals surface area (Å²) in [7, 11) is -3.26. The predicted octanol–water partition coefficient (Wildman–Crippen LogP) is 1.50. The number of hydrogen-bond donors (Lipinski definition) is 2. The largest absolute Gasteiger partial charge is 0.399 e. The van der Waals surface area contributed by atoms with Crippen molar-refractivity contribution >= 4 is 38.1 Å². The summed E-state index contributed by atoms with van der Waals surface area (Å²) in [4.78, 5) is 0. The molecule has 0 unspecified atom stereocenters. The highest BCUT2D eigenvalue weighted by Gasteiger charge is 2.29. The molecule has 90 valence electrons. The fraction of sp³-hybridized carbons (Fsp3) is 0.400. The molecule has 1 aromatic carbocycles.